The van der Waals surface area contributed by atoms with E-state index < -0.39 is 0 Å². The first-order chi connectivity index (χ1) is 10.0. The number of aryl methyl sites for hydroxylation is 4. The number of hydrogen-bond donors (Lipinski definition) is 0. The molecule has 0 bridgehead atoms. The summed E-state index contributed by atoms with van der Waals surface area (Å²) in [5.74, 6) is -0.158. The Hall–Kier alpha value is -1.68. The Bertz CT molecular complexity index is 646. The molecule has 0 aliphatic carbocycles. The summed E-state index contributed by atoms with van der Waals surface area (Å²) in [6.45, 7) is 8.61. The van der Waals surface area contributed by atoms with Crippen molar-refractivity contribution in [3.8, 4) is 10.6 Å². The van der Waals surface area contributed by atoms with Gasteiger partial charge >= 0.3 is 5.97 Å². The van der Waals surface area contributed by atoms with Gasteiger partial charge in [-0.15, -0.1) is 11.3 Å². The number of carbonyl (C=O) groups excluding carboxylic acids is 1. The Labute approximate surface area is 130 Å². The van der Waals surface area contributed by atoms with Gasteiger partial charge in [0.25, 0.3) is 0 Å². The normalized spacial score (nSPS) is 10.7. The lowest BCUT2D eigenvalue weighted by atomic mass is 10.0. The molecule has 0 spiro atoms. The molecule has 0 saturated carbocycles. The zero-order chi connectivity index (χ0) is 15.4. The molecule has 0 atom stereocenters. The Morgan fingerprint density at radius 2 is 1.90 bits per heavy atom. The highest BCUT2D eigenvalue weighted by Gasteiger charge is 2.10. The summed E-state index contributed by atoms with van der Waals surface area (Å²) in [5.41, 5.74) is 5.96. The summed E-state index contributed by atoms with van der Waals surface area (Å²) < 4.78 is 4.94. The minimum Gasteiger partial charge on any atom is -0.466 e. The summed E-state index contributed by atoms with van der Waals surface area (Å²) in [6.07, 6.45) is 1.03. The molecule has 0 amide bonds. The van der Waals surface area contributed by atoms with Crippen molar-refractivity contribution in [3.05, 3.63) is 39.9 Å². The summed E-state index contributed by atoms with van der Waals surface area (Å²) >= 11 is 1.63. The van der Waals surface area contributed by atoms with Crippen LogP contribution in [0.1, 0.15) is 35.7 Å². The second kappa shape index (κ2) is 6.85. The largest absolute Gasteiger partial charge is 0.466 e. The van der Waals surface area contributed by atoms with Crippen LogP contribution in [0.4, 0.5) is 0 Å². The van der Waals surface area contributed by atoms with E-state index in [1.54, 1.807) is 11.3 Å². The van der Waals surface area contributed by atoms with Gasteiger partial charge < -0.3 is 4.74 Å². The fraction of sp³-hybridized carbons (Fsp3) is 0.412. The van der Waals surface area contributed by atoms with Crippen LogP contribution in [-0.2, 0) is 16.0 Å². The molecule has 0 radical (unpaired) electrons. The van der Waals surface area contributed by atoms with Gasteiger partial charge in [-0.05, 0) is 50.5 Å². The van der Waals surface area contributed by atoms with E-state index in [1.807, 2.05) is 12.3 Å². The highest BCUT2D eigenvalue weighted by molar-refractivity contribution is 7.13. The van der Waals surface area contributed by atoms with E-state index in [4.69, 9.17) is 4.74 Å². The molecule has 1 aromatic carbocycles. The topological polar surface area (TPSA) is 39.2 Å². The van der Waals surface area contributed by atoms with Crippen molar-refractivity contribution >= 4 is 17.3 Å². The number of benzene rings is 1. The number of ether oxygens (including phenoxy) is 1. The van der Waals surface area contributed by atoms with Gasteiger partial charge in [-0.25, -0.2) is 4.98 Å². The first-order valence-electron chi connectivity index (χ1n) is 7.19. The number of esters is 1. The van der Waals surface area contributed by atoms with Gasteiger partial charge in [0, 0.05) is 17.4 Å². The van der Waals surface area contributed by atoms with E-state index in [1.165, 1.54) is 22.3 Å². The van der Waals surface area contributed by atoms with Gasteiger partial charge in [0.2, 0.25) is 0 Å². The molecule has 0 unspecified atom stereocenters. The molecule has 2 aromatic rings. The van der Waals surface area contributed by atoms with Crippen molar-refractivity contribution in [3.63, 3.8) is 0 Å². The standard InChI is InChI=1S/C17H21NO2S/c1-5-20-16(19)7-6-14-10-21-17(18-14)15-9-12(3)11(2)8-13(15)4/h8-10H,5-7H2,1-4H3. The van der Waals surface area contributed by atoms with Crippen LogP contribution in [0.3, 0.4) is 0 Å². The molecule has 112 valence electrons. The van der Waals surface area contributed by atoms with Crippen molar-refractivity contribution in [2.45, 2.75) is 40.5 Å². The maximum atomic E-state index is 11.4. The Morgan fingerprint density at radius 3 is 2.62 bits per heavy atom. The van der Waals surface area contributed by atoms with Crippen LogP contribution in [0.2, 0.25) is 0 Å². The Balaban J connectivity index is 2.13. The van der Waals surface area contributed by atoms with E-state index in [0.29, 0.717) is 19.4 Å². The monoisotopic (exact) mass is 303 g/mol. The van der Waals surface area contributed by atoms with E-state index in [2.05, 4.69) is 37.9 Å². The van der Waals surface area contributed by atoms with Crippen molar-refractivity contribution in [1.82, 2.24) is 4.98 Å². The highest BCUT2D eigenvalue weighted by atomic mass is 32.1. The molecule has 0 aliphatic rings. The minimum absolute atomic E-state index is 0.158. The molecule has 21 heavy (non-hydrogen) atoms. The summed E-state index contributed by atoms with van der Waals surface area (Å²) in [6, 6.07) is 4.39. The SMILES string of the molecule is CCOC(=O)CCc1csc(-c2cc(C)c(C)cc2C)n1. The molecule has 3 nitrogen and oxygen atoms in total. The molecule has 0 aliphatic heterocycles. The number of hydrogen-bond acceptors (Lipinski definition) is 4. The van der Waals surface area contributed by atoms with Gasteiger partial charge in [0.05, 0.1) is 18.7 Å². The van der Waals surface area contributed by atoms with Gasteiger partial charge in [0.15, 0.2) is 0 Å². The number of nitrogens with zero attached hydrogens (tertiary/aromatic N) is 1. The van der Waals surface area contributed by atoms with E-state index in [0.717, 1.165) is 10.7 Å². The van der Waals surface area contributed by atoms with Crippen molar-refractivity contribution in [2.75, 3.05) is 6.61 Å². The first-order valence-corrected chi connectivity index (χ1v) is 8.07. The maximum Gasteiger partial charge on any atom is 0.306 e. The van der Waals surface area contributed by atoms with Gasteiger partial charge in [0.1, 0.15) is 5.01 Å². The van der Waals surface area contributed by atoms with Crippen LogP contribution in [0.15, 0.2) is 17.5 Å². The second-order valence-corrected chi connectivity index (χ2v) is 6.06. The summed E-state index contributed by atoms with van der Waals surface area (Å²) in [5, 5.41) is 3.05. The molecule has 1 aromatic heterocycles. The number of rotatable bonds is 5. The third-order valence-corrected chi connectivity index (χ3v) is 4.44. The molecule has 0 saturated heterocycles. The minimum atomic E-state index is -0.158. The van der Waals surface area contributed by atoms with E-state index >= 15 is 0 Å². The molecule has 0 fully saturated rings. The summed E-state index contributed by atoms with van der Waals surface area (Å²) in [4.78, 5) is 16.0. The van der Waals surface area contributed by atoms with Gasteiger partial charge in [-0.2, -0.15) is 0 Å². The highest BCUT2D eigenvalue weighted by Crippen LogP contribution is 2.29. The summed E-state index contributed by atoms with van der Waals surface area (Å²) in [7, 11) is 0. The van der Waals surface area contributed by atoms with Crippen LogP contribution >= 0.6 is 11.3 Å². The lowest BCUT2D eigenvalue weighted by Gasteiger charge is -2.07. The lowest BCUT2D eigenvalue weighted by Crippen LogP contribution is -2.05. The fourth-order valence-electron chi connectivity index (χ4n) is 2.20. The Kier molecular flexibility index (Phi) is 5.12. The first kappa shape index (κ1) is 15.7. The molecule has 4 heteroatoms. The smallest absolute Gasteiger partial charge is 0.306 e. The van der Waals surface area contributed by atoms with Crippen molar-refractivity contribution < 1.29 is 9.53 Å². The molecule has 1 heterocycles. The second-order valence-electron chi connectivity index (χ2n) is 5.20. The zero-order valence-electron chi connectivity index (χ0n) is 13.0. The third-order valence-electron chi connectivity index (χ3n) is 3.51. The van der Waals surface area contributed by atoms with Gasteiger partial charge in [-0.3, -0.25) is 4.79 Å². The Morgan fingerprint density at radius 1 is 1.19 bits per heavy atom. The van der Waals surface area contributed by atoms with Crippen LogP contribution in [0.25, 0.3) is 10.6 Å². The van der Waals surface area contributed by atoms with Crippen LogP contribution in [0, 0.1) is 20.8 Å². The number of aromatic nitrogens is 1. The average Bonchev–Trinajstić information content (AvgIpc) is 2.89. The van der Waals surface area contributed by atoms with Crippen LogP contribution < -0.4 is 0 Å². The van der Waals surface area contributed by atoms with Crippen molar-refractivity contribution in [1.29, 1.82) is 0 Å². The zero-order valence-corrected chi connectivity index (χ0v) is 13.8. The quantitative estimate of drug-likeness (QED) is 0.776. The predicted octanol–water partition coefficient (Wildman–Crippen LogP) is 4.23. The fourth-order valence-corrected chi connectivity index (χ4v) is 3.13. The molecular weight excluding hydrogens is 282 g/mol. The number of thiazole rings is 1. The lowest BCUT2D eigenvalue weighted by molar-refractivity contribution is -0.143. The molecule has 0 N–H and O–H groups in total. The molecular formula is C17H21NO2S. The van der Waals surface area contributed by atoms with Crippen LogP contribution in [0.5, 0.6) is 0 Å². The predicted molar refractivity (Wildman–Crippen MR) is 86.7 cm³/mol. The average molecular weight is 303 g/mol. The van der Waals surface area contributed by atoms with Crippen molar-refractivity contribution in [2.24, 2.45) is 0 Å². The maximum absolute atomic E-state index is 11.4. The third kappa shape index (κ3) is 3.91. The van der Waals surface area contributed by atoms with E-state index in [-0.39, 0.29) is 5.97 Å². The van der Waals surface area contributed by atoms with Crippen LogP contribution in [-0.4, -0.2) is 17.6 Å². The van der Waals surface area contributed by atoms with E-state index in [9.17, 15) is 4.79 Å². The van der Waals surface area contributed by atoms with Gasteiger partial charge in [-0.1, -0.05) is 6.07 Å². The number of carbonyl (C=O) groups is 1. The molecule has 2 rings (SSSR count).